The molecular formula is C14H19NO4. The molecule has 0 aliphatic heterocycles. The van der Waals surface area contributed by atoms with Crippen molar-refractivity contribution in [3.05, 3.63) is 28.8 Å². The van der Waals surface area contributed by atoms with Crippen molar-refractivity contribution in [2.75, 3.05) is 13.7 Å². The Morgan fingerprint density at radius 1 is 1.32 bits per heavy atom. The number of aliphatic carboxylic acids is 1. The lowest BCUT2D eigenvalue weighted by Gasteiger charge is -2.13. The van der Waals surface area contributed by atoms with Crippen molar-refractivity contribution in [3.63, 3.8) is 0 Å². The first kappa shape index (κ1) is 15.0. The van der Waals surface area contributed by atoms with Gasteiger partial charge in [-0.15, -0.1) is 0 Å². The van der Waals surface area contributed by atoms with Gasteiger partial charge >= 0.3 is 5.97 Å². The van der Waals surface area contributed by atoms with Crippen LogP contribution in [0.2, 0.25) is 0 Å². The molecule has 0 unspecified atom stereocenters. The Hall–Kier alpha value is -2.04. The van der Waals surface area contributed by atoms with Crippen LogP contribution in [0, 0.1) is 13.8 Å². The van der Waals surface area contributed by atoms with E-state index >= 15 is 0 Å². The van der Waals surface area contributed by atoms with Crippen LogP contribution in [0.5, 0.6) is 5.75 Å². The summed E-state index contributed by atoms with van der Waals surface area (Å²) in [5.74, 6) is -0.443. The molecule has 0 aliphatic rings. The van der Waals surface area contributed by atoms with Gasteiger partial charge in [-0.3, -0.25) is 9.59 Å². The summed E-state index contributed by atoms with van der Waals surface area (Å²) < 4.78 is 5.28. The second-order valence-corrected chi connectivity index (χ2v) is 4.43. The number of rotatable bonds is 6. The number of carboxylic acids is 1. The Kier molecular flexibility index (Phi) is 5.36. The monoisotopic (exact) mass is 265 g/mol. The van der Waals surface area contributed by atoms with E-state index in [-0.39, 0.29) is 25.3 Å². The van der Waals surface area contributed by atoms with Gasteiger partial charge in [0, 0.05) is 12.1 Å². The van der Waals surface area contributed by atoms with Crippen molar-refractivity contribution in [1.82, 2.24) is 5.32 Å². The van der Waals surface area contributed by atoms with Crippen LogP contribution in [-0.2, 0) is 16.0 Å². The predicted molar refractivity (Wildman–Crippen MR) is 71.4 cm³/mol. The van der Waals surface area contributed by atoms with Crippen molar-refractivity contribution in [3.8, 4) is 5.75 Å². The van der Waals surface area contributed by atoms with Crippen molar-refractivity contribution >= 4 is 11.9 Å². The lowest BCUT2D eigenvalue weighted by Crippen LogP contribution is -2.27. The molecule has 0 bridgehead atoms. The fourth-order valence-electron chi connectivity index (χ4n) is 1.90. The summed E-state index contributed by atoms with van der Waals surface area (Å²) in [5, 5.41) is 11.1. The minimum Gasteiger partial charge on any atom is -0.496 e. The second-order valence-electron chi connectivity index (χ2n) is 4.43. The third kappa shape index (κ3) is 4.62. The molecule has 1 aromatic carbocycles. The van der Waals surface area contributed by atoms with E-state index in [9.17, 15) is 9.59 Å². The number of carbonyl (C=O) groups is 2. The van der Waals surface area contributed by atoms with Crippen LogP contribution in [0.4, 0.5) is 0 Å². The molecule has 104 valence electrons. The average molecular weight is 265 g/mol. The number of nitrogens with one attached hydrogen (secondary N) is 1. The van der Waals surface area contributed by atoms with E-state index in [0.29, 0.717) is 5.75 Å². The molecule has 0 saturated carbocycles. The first-order valence-electron chi connectivity index (χ1n) is 6.06. The molecule has 0 atom stereocenters. The highest BCUT2D eigenvalue weighted by molar-refractivity contribution is 5.80. The Labute approximate surface area is 112 Å². The quantitative estimate of drug-likeness (QED) is 0.816. The SMILES string of the molecule is COc1cc(C)cc(C)c1CC(=O)NCCC(=O)O. The van der Waals surface area contributed by atoms with E-state index < -0.39 is 5.97 Å². The lowest BCUT2D eigenvalue weighted by atomic mass is 10.0. The summed E-state index contributed by atoms with van der Waals surface area (Å²) in [6, 6.07) is 3.87. The van der Waals surface area contributed by atoms with E-state index in [2.05, 4.69) is 5.32 Å². The van der Waals surface area contributed by atoms with Gasteiger partial charge in [0.15, 0.2) is 0 Å². The van der Waals surface area contributed by atoms with Gasteiger partial charge in [-0.05, 0) is 31.0 Å². The molecule has 0 aromatic heterocycles. The number of amides is 1. The summed E-state index contributed by atoms with van der Waals surface area (Å²) in [7, 11) is 1.57. The Bertz CT molecular complexity index is 483. The molecule has 5 heteroatoms. The fourth-order valence-corrected chi connectivity index (χ4v) is 1.90. The predicted octanol–water partition coefficient (Wildman–Crippen LogP) is 1.45. The smallest absolute Gasteiger partial charge is 0.305 e. The van der Waals surface area contributed by atoms with E-state index in [1.54, 1.807) is 7.11 Å². The minimum absolute atomic E-state index is 0.0737. The van der Waals surface area contributed by atoms with Crippen LogP contribution in [0.1, 0.15) is 23.1 Å². The highest BCUT2D eigenvalue weighted by Gasteiger charge is 2.12. The molecule has 0 spiro atoms. The Morgan fingerprint density at radius 3 is 2.58 bits per heavy atom. The topological polar surface area (TPSA) is 75.6 Å². The summed E-state index contributed by atoms with van der Waals surface area (Å²) in [6.07, 6.45) is 0.116. The van der Waals surface area contributed by atoms with Crippen LogP contribution in [0.3, 0.4) is 0 Å². The van der Waals surface area contributed by atoms with Gasteiger partial charge in [-0.2, -0.15) is 0 Å². The molecule has 5 nitrogen and oxygen atoms in total. The molecule has 1 amide bonds. The Balaban J connectivity index is 2.71. The van der Waals surface area contributed by atoms with Crippen molar-refractivity contribution in [1.29, 1.82) is 0 Å². The molecule has 0 saturated heterocycles. The number of aryl methyl sites for hydroxylation is 2. The van der Waals surface area contributed by atoms with Crippen LogP contribution in [0.15, 0.2) is 12.1 Å². The molecule has 0 heterocycles. The summed E-state index contributed by atoms with van der Waals surface area (Å²) in [5.41, 5.74) is 2.90. The van der Waals surface area contributed by atoms with Gasteiger partial charge in [0.2, 0.25) is 5.91 Å². The normalized spacial score (nSPS) is 10.1. The zero-order chi connectivity index (χ0) is 14.4. The number of methoxy groups -OCH3 is 1. The van der Waals surface area contributed by atoms with Gasteiger partial charge in [-0.25, -0.2) is 0 Å². The van der Waals surface area contributed by atoms with Crippen LogP contribution >= 0.6 is 0 Å². The number of carboxylic acid groups (broad SMARTS) is 1. The summed E-state index contributed by atoms with van der Waals surface area (Å²) >= 11 is 0. The van der Waals surface area contributed by atoms with E-state index in [1.807, 2.05) is 26.0 Å². The molecule has 0 radical (unpaired) electrons. The molecular weight excluding hydrogens is 246 g/mol. The number of carbonyl (C=O) groups excluding carboxylic acids is 1. The van der Waals surface area contributed by atoms with Crippen LogP contribution < -0.4 is 10.1 Å². The summed E-state index contributed by atoms with van der Waals surface area (Å²) in [4.78, 5) is 22.1. The van der Waals surface area contributed by atoms with Crippen LogP contribution in [0.25, 0.3) is 0 Å². The van der Waals surface area contributed by atoms with Gasteiger partial charge < -0.3 is 15.2 Å². The number of hydrogen-bond acceptors (Lipinski definition) is 3. The first-order chi connectivity index (χ1) is 8.93. The molecule has 1 rings (SSSR count). The number of ether oxygens (including phenoxy) is 1. The maximum absolute atomic E-state index is 11.7. The van der Waals surface area contributed by atoms with Gasteiger partial charge in [0.1, 0.15) is 5.75 Å². The van der Waals surface area contributed by atoms with Crippen molar-refractivity contribution < 1.29 is 19.4 Å². The first-order valence-corrected chi connectivity index (χ1v) is 6.06. The highest BCUT2D eigenvalue weighted by Crippen LogP contribution is 2.24. The molecule has 0 aliphatic carbocycles. The fraction of sp³-hybridized carbons (Fsp3) is 0.429. The maximum atomic E-state index is 11.7. The van der Waals surface area contributed by atoms with E-state index in [1.165, 1.54) is 0 Å². The maximum Gasteiger partial charge on any atom is 0.305 e. The van der Waals surface area contributed by atoms with Gasteiger partial charge in [-0.1, -0.05) is 6.07 Å². The standard InChI is InChI=1S/C14H19NO4/c1-9-6-10(2)11(12(7-9)19-3)8-13(16)15-5-4-14(17)18/h6-7H,4-5,8H2,1-3H3,(H,15,16)(H,17,18). The summed E-state index contributed by atoms with van der Waals surface area (Å²) in [6.45, 7) is 4.03. The molecule has 1 aromatic rings. The third-order valence-electron chi connectivity index (χ3n) is 2.79. The zero-order valence-corrected chi connectivity index (χ0v) is 11.4. The molecule has 2 N–H and O–H groups in total. The van der Waals surface area contributed by atoms with Gasteiger partial charge in [0.25, 0.3) is 0 Å². The van der Waals surface area contributed by atoms with Gasteiger partial charge in [0.05, 0.1) is 20.0 Å². The highest BCUT2D eigenvalue weighted by atomic mass is 16.5. The van der Waals surface area contributed by atoms with E-state index in [4.69, 9.17) is 9.84 Å². The number of hydrogen-bond donors (Lipinski definition) is 2. The van der Waals surface area contributed by atoms with E-state index in [0.717, 1.165) is 16.7 Å². The largest absolute Gasteiger partial charge is 0.496 e. The molecule has 0 fully saturated rings. The Morgan fingerprint density at radius 2 is 2.00 bits per heavy atom. The number of benzene rings is 1. The van der Waals surface area contributed by atoms with Crippen molar-refractivity contribution in [2.45, 2.75) is 26.7 Å². The zero-order valence-electron chi connectivity index (χ0n) is 11.4. The molecule has 19 heavy (non-hydrogen) atoms. The van der Waals surface area contributed by atoms with Crippen molar-refractivity contribution in [2.24, 2.45) is 0 Å². The third-order valence-corrected chi connectivity index (χ3v) is 2.79. The second kappa shape index (κ2) is 6.78. The minimum atomic E-state index is -0.926. The average Bonchev–Trinajstić information content (AvgIpc) is 2.31. The van der Waals surface area contributed by atoms with Crippen LogP contribution in [-0.4, -0.2) is 30.6 Å². The lowest BCUT2D eigenvalue weighted by molar-refractivity contribution is -0.136.